The van der Waals surface area contributed by atoms with Gasteiger partial charge in [-0.3, -0.25) is 4.40 Å². The lowest BCUT2D eigenvalue weighted by Crippen LogP contribution is -2.43. The number of hydrogen-bond donors (Lipinski definition) is 1. The maximum Gasteiger partial charge on any atom is 0.164 e. The largest absolute Gasteiger partial charge is 0.378 e. The molecule has 0 atom stereocenters. The molecule has 2 saturated heterocycles. The van der Waals surface area contributed by atoms with Crippen LogP contribution in [-0.2, 0) is 4.74 Å². The van der Waals surface area contributed by atoms with Gasteiger partial charge in [-0.1, -0.05) is 0 Å². The van der Waals surface area contributed by atoms with Gasteiger partial charge in [0, 0.05) is 51.0 Å². The standard InChI is InChI=1S/C20H25N7O/c1-15-19(16-2-3-18(23-12-16)26-6-4-21-5-7-26)27-14-22-13-17(20(27)24-15)25-8-10-28-11-9-25/h2-3,12-14,21H,4-11H2,1H3. The Bertz CT molecular complexity index is 957. The summed E-state index contributed by atoms with van der Waals surface area (Å²) in [6, 6.07) is 4.25. The molecular formula is C20H25N7O. The van der Waals surface area contributed by atoms with Crippen molar-refractivity contribution in [2.24, 2.45) is 0 Å². The third-order valence-corrected chi connectivity index (χ3v) is 5.51. The van der Waals surface area contributed by atoms with E-state index in [0.717, 1.165) is 86.6 Å². The van der Waals surface area contributed by atoms with E-state index in [1.165, 1.54) is 0 Å². The molecule has 5 heterocycles. The fourth-order valence-electron chi connectivity index (χ4n) is 4.05. The molecule has 0 unspecified atom stereocenters. The number of fused-ring (bicyclic) bond motifs is 1. The minimum Gasteiger partial charge on any atom is -0.378 e. The maximum atomic E-state index is 5.49. The van der Waals surface area contributed by atoms with Gasteiger partial charge in [0.1, 0.15) is 12.1 Å². The van der Waals surface area contributed by atoms with Crippen molar-refractivity contribution in [3.8, 4) is 11.3 Å². The van der Waals surface area contributed by atoms with Crippen LogP contribution in [-0.4, -0.2) is 71.8 Å². The van der Waals surface area contributed by atoms with Crippen LogP contribution in [0.2, 0.25) is 0 Å². The SMILES string of the molecule is Cc1nc2c(N3CCOCC3)cncn2c1-c1ccc(N2CCNCC2)nc1. The van der Waals surface area contributed by atoms with Crippen LogP contribution >= 0.6 is 0 Å². The molecule has 2 fully saturated rings. The molecule has 2 aliphatic heterocycles. The number of imidazole rings is 1. The molecule has 0 radical (unpaired) electrons. The summed E-state index contributed by atoms with van der Waals surface area (Å²) in [7, 11) is 0. The normalized spacial score (nSPS) is 18.0. The number of pyridine rings is 1. The van der Waals surface area contributed by atoms with Gasteiger partial charge >= 0.3 is 0 Å². The van der Waals surface area contributed by atoms with Gasteiger partial charge in [-0.2, -0.15) is 0 Å². The van der Waals surface area contributed by atoms with E-state index in [0.29, 0.717) is 0 Å². The Hall–Kier alpha value is -2.71. The van der Waals surface area contributed by atoms with Gasteiger partial charge in [0.2, 0.25) is 0 Å². The summed E-state index contributed by atoms with van der Waals surface area (Å²) in [5.41, 5.74) is 5.10. The molecule has 3 aromatic rings. The van der Waals surface area contributed by atoms with Gasteiger partial charge in [-0.25, -0.2) is 15.0 Å². The number of aromatic nitrogens is 4. The highest BCUT2D eigenvalue weighted by atomic mass is 16.5. The second kappa shape index (κ2) is 7.37. The first-order chi connectivity index (χ1) is 13.8. The van der Waals surface area contributed by atoms with E-state index in [1.54, 1.807) is 0 Å². The molecule has 0 spiro atoms. The van der Waals surface area contributed by atoms with Crippen LogP contribution in [0.3, 0.4) is 0 Å². The first kappa shape index (κ1) is 17.4. The number of morpholine rings is 1. The maximum absolute atomic E-state index is 5.49. The Labute approximate surface area is 164 Å². The van der Waals surface area contributed by atoms with Crippen LogP contribution in [0.5, 0.6) is 0 Å². The zero-order valence-electron chi connectivity index (χ0n) is 16.1. The van der Waals surface area contributed by atoms with Crippen molar-refractivity contribution in [3.63, 3.8) is 0 Å². The number of rotatable bonds is 3. The monoisotopic (exact) mass is 379 g/mol. The molecule has 0 aliphatic carbocycles. The van der Waals surface area contributed by atoms with Gasteiger partial charge < -0.3 is 19.9 Å². The van der Waals surface area contributed by atoms with E-state index in [4.69, 9.17) is 14.7 Å². The van der Waals surface area contributed by atoms with E-state index in [1.807, 2.05) is 18.7 Å². The van der Waals surface area contributed by atoms with Gasteiger partial charge in [0.25, 0.3) is 0 Å². The molecule has 1 N–H and O–H groups in total. The lowest BCUT2D eigenvalue weighted by atomic mass is 10.1. The Morgan fingerprint density at radius 3 is 2.57 bits per heavy atom. The fourth-order valence-corrected chi connectivity index (χ4v) is 4.05. The van der Waals surface area contributed by atoms with Crippen molar-refractivity contribution >= 4 is 17.2 Å². The molecule has 3 aromatic heterocycles. The average molecular weight is 379 g/mol. The van der Waals surface area contributed by atoms with Crippen LogP contribution in [0.4, 0.5) is 11.5 Å². The van der Waals surface area contributed by atoms with Crippen molar-refractivity contribution < 1.29 is 4.74 Å². The third-order valence-electron chi connectivity index (χ3n) is 5.51. The number of aryl methyl sites for hydroxylation is 1. The van der Waals surface area contributed by atoms with Gasteiger partial charge in [0.15, 0.2) is 5.65 Å². The number of anilines is 2. The van der Waals surface area contributed by atoms with Crippen LogP contribution < -0.4 is 15.1 Å². The van der Waals surface area contributed by atoms with E-state index < -0.39 is 0 Å². The second-order valence-electron chi connectivity index (χ2n) is 7.26. The highest BCUT2D eigenvalue weighted by molar-refractivity contribution is 5.75. The molecule has 2 aliphatic rings. The first-order valence-corrected chi connectivity index (χ1v) is 9.89. The number of piperazine rings is 1. The summed E-state index contributed by atoms with van der Waals surface area (Å²) in [5.74, 6) is 1.03. The molecule has 146 valence electrons. The van der Waals surface area contributed by atoms with Crippen molar-refractivity contribution in [1.29, 1.82) is 0 Å². The van der Waals surface area contributed by atoms with Crippen molar-refractivity contribution in [1.82, 2.24) is 24.7 Å². The van der Waals surface area contributed by atoms with Gasteiger partial charge in [-0.15, -0.1) is 0 Å². The zero-order chi connectivity index (χ0) is 18.9. The fraction of sp³-hybridized carbons (Fsp3) is 0.450. The Morgan fingerprint density at radius 2 is 1.82 bits per heavy atom. The molecule has 0 saturated carbocycles. The smallest absolute Gasteiger partial charge is 0.164 e. The molecule has 5 rings (SSSR count). The van der Waals surface area contributed by atoms with Crippen LogP contribution in [0.15, 0.2) is 30.9 Å². The zero-order valence-corrected chi connectivity index (χ0v) is 16.1. The van der Waals surface area contributed by atoms with Gasteiger partial charge in [0.05, 0.1) is 36.5 Å². The topological polar surface area (TPSA) is 70.8 Å². The third kappa shape index (κ3) is 3.08. The number of nitrogens with zero attached hydrogens (tertiary/aromatic N) is 6. The van der Waals surface area contributed by atoms with E-state index in [-0.39, 0.29) is 0 Å². The average Bonchev–Trinajstić information content (AvgIpc) is 3.11. The minimum absolute atomic E-state index is 0.741. The number of hydrogen-bond acceptors (Lipinski definition) is 7. The Balaban J connectivity index is 1.51. The van der Waals surface area contributed by atoms with E-state index in [2.05, 4.69) is 43.6 Å². The molecular weight excluding hydrogens is 354 g/mol. The minimum atomic E-state index is 0.741. The molecule has 0 aromatic carbocycles. The van der Waals surface area contributed by atoms with E-state index >= 15 is 0 Å². The predicted octanol–water partition coefficient (Wildman–Crippen LogP) is 1.35. The molecule has 28 heavy (non-hydrogen) atoms. The Morgan fingerprint density at radius 1 is 1.00 bits per heavy atom. The van der Waals surface area contributed by atoms with Crippen LogP contribution in [0.1, 0.15) is 5.69 Å². The van der Waals surface area contributed by atoms with Crippen molar-refractivity contribution in [2.75, 3.05) is 62.3 Å². The van der Waals surface area contributed by atoms with Crippen molar-refractivity contribution in [3.05, 3.63) is 36.5 Å². The molecule has 8 nitrogen and oxygen atoms in total. The molecule has 0 bridgehead atoms. The Kier molecular flexibility index (Phi) is 4.58. The quantitative estimate of drug-likeness (QED) is 0.736. The highest BCUT2D eigenvalue weighted by Crippen LogP contribution is 2.29. The summed E-state index contributed by atoms with van der Waals surface area (Å²) >= 11 is 0. The second-order valence-corrected chi connectivity index (χ2v) is 7.26. The summed E-state index contributed by atoms with van der Waals surface area (Å²) in [4.78, 5) is 18.7. The molecule has 8 heteroatoms. The van der Waals surface area contributed by atoms with Crippen LogP contribution in [0, 0.1) is 6.92 Å². The summed E-state index contributed by atoms with van der Waals surface area (Å²) in [6.45, 7) is 9.26. The van der Waals surface area contributed by atoms with E-state index in [9.17, 15) is 0 Å². The number of nitrogens with one attached hydrogen (secondary N) is 1. The first-order valence-electron chi connectivity index (χ1n) is 9.89. The summed E-state index contributed by atoms with van der Waals surface area (Å²) in [5, 5.41) is 3.38. The summed E-state index contributed by atoms with van der Waals surface area (Å²) < 4.78 is 7.57. The van der Waals surface area contributed by atoms with Gasteiger partial charge in [-0.05, 0) is 19.1 Å². The van der Waals surface area contributed by atoms with Crippen LogP contribution in [0.25, 0.3) is 16.9 Å². The lowest BCUT2D eigenvalue weighted by molar-refractivity contribution is 0.123. The number of ether oxygens (including phenoxy) is 1. The van der Waals surface area contributed by atoms with Crippen molar-refractivity contribution in [2.45, 2.75) is 6.92 Å². The molecule has 0 amide bonds. The predicted molar refractivity (Wildman–Crippen MR) is 109 cm³/mol. The summed E-state index contributed by atoms with van der Waals surface area (Å²) in [6.07, 6.45) is 5.71. The highest BCUT2D eigenvalue weighted by Gasteiger charge is 2.20. The lowest BCUT2D eigenvalue weighted by Gasteiger charge is -2.28.